The van der Waals surface area contributed by atoms with Crippen LogP contribution in [0.5, 0.6) is 11.5 Å². The van der Waals surface area contributed by atoms with Gasteiger partial charge in [0, 0.05) is 18.7 Å². The van der Waals surface area contributed by atoms with E-state index in [0.29, 0.717) is 13.1 Å². The Hall–Kier alpha value is -3.54. The smallest absolute Gasteiger partial charge is 0.250 e. The van der Waals surface area contributed by atoms with Crippen LogP contribution in [0.25, 0.3) is 0 Å². The molecule has 6 nitrogen and oxygen atoms in total. The molecule has 2 heterocycles. The van der Waals surface area contributed by atoms with Gasteiger partial charge in [-0.15, -0.1) is 0 Å². The van der Waals surface area contributed by atoms with Gasteiger partial charge in [-0.2, -0.15) is 0 Å². The molecule has 2 aliphatic rings. The lowest BCUT2D eigenvalue weighted by atomic mass is 10.1. The summed E-state index contributed by atoms with van der Waals surface area (Å²) in [6.07, 6.45) is 4.40. The number of hydrogen-bond acceptors (Lipinski definition) is 4. The molecule has 0 unspecified atom stereocenters. The molecular formula is C24H26N2O4. The molecule has 30 heavy (non-hydrogen) atoms. The number of rotatable bonds is 4. The zero-order chi connectivity index (χ0) is 21.7. The molecule has 156 valence electrons. The second kappa shape index (κ2) is 9.31. The van der Waals surface area contributed by atoms with Gasteiger partial charge in [0.25, 0.3) is 5.91 Å². The molecule has 0 radical (unpaired) electrons. The topological polar surface area (TPSA) is 59.1 Å². The molecule has 0 saturated heterocycles. The van der Waals surface area contributed by atoms with Crippen molar-refractivity contribution in [3.8, 4) is 11.5 Å². The fourth-order valence-corrected chi connectivity index (χ4v) is 3.85. The van der Waals surface area contributed by atoms with Gasteiger partial charge in [0.05, 0.1) is 25.6 Å². The van der Waals surface area contributed by atoms with Crippen molar-refractivity contribution in [1.29, 1.82) is 0 Å². The van der Waals surface area contributed by atoms with Gasteiger partial charge in [0.2, 0.25) is 5.91 Å². The van der Waals surface area contributed by atoms with Crippen molar-refractivity contribution < 1.29 is 19.1 Å². The molecule has 0 N–H and O–H groups in total. The number of fused-ring (bicyclic) bond motifs is 2. The molecular weight excluding hydrogens is 380 g/mol. The molecule has 0 fully saturated rings. The number of ether oxygens (including phenoxy) is 2. The first kappa shape index (κ1) is 21.2. The number of hydrogen-bond donors (Lipinski definition) is 0. The Balaban J connectivity index is 0.000000171. The number of carbonyl (C=O) groups excluding carboxylic acids is 2. The van der Waals surface area contributed by atoms with Crippen molar-refractivity contribution in [1.82, 2.24) is 0 Å². The van der Waals surface area contributed by atoms with Crippen molar-refractivity contribution in [3.63, 3.8) is 0 Å². The lowest BCUT2D eigenvalue weighted by molar-refractivity contribution is -0.114. The SMILES string of the molecule is C=CC(=O)N1CCc2c(OC)cccc21.C=CC(=O)N1CCc2cccc(OC)c21. The molecule has 0 aromatic heterocycles. The highest BCUT2D eigenvalue weighted by molar-refractivity contribution is 6.04. The third-order valence-corrected chi connectivity index (χ3v) is 5.26. The summed E-state index contributed by atoms with van der Waals surface area (Å²) in [4.78, 5) is 26.6. The van der Waals surface area contributed by atoms with Crippen LogP contribution in [0.2, 0.25) is 0 Å². The lowest BCUT2D eigenvalue weighted by Gasteiger charge is -2.17. The number of benzene rings is 2. The molecule has 6 heteroatoms. The summed E-state index contributed by atoms with van der Waals surface area (Å²) >= 11 is 0. The van der Waals surface area contributed by atoms with Crippen LogP contribution in [0.3, 0.4) is 0 Å². The van der Waals surface area contributed by atoms with Gasteiger partial charge in [-0.25, -0.2) is 0 Å². The summed E-state index contributed by atoms with van der Waals surface area (Å²) in [7, 11) is 3.26. The maximum absolute atomic E-state index is 11.6. The van der Waals surface area contributed by atoms with Crippen molar-refractivity contribution in [3.05, 3.63) is 72.8 Å². The summed E-state index contributed by atoms with van der Waals surface area (Å²) < 4.78 is 10.5. The summed E-state index contributed by atoms with van der Waals surface area (Å²) in [5, 5.41) is 0. The molecule has 0 aliphatic carbocycles. The van der Waals surface area contributed by atoms with E-state index in [2.05, 4.69) is 13.2 Å². The Bertz CT molecular complexity index is 983. The zero-order valence-corrected chi connectivity index (χ0v) is 17.4. The number of amides is 2. The van der Waals surface area contributed by atoms with Crippen molar-refractivity contribution in [2.75, 3.05) is 37.1 Å². The standard InChI is InChI=1S/2C12H13NO2/c1-3-12(14)13-8-7-9-10(13)5-4-6-11(9)15-2;1-3-11(14)13-8-7-9-5-4-6-10(15-2)12(9)13/h2*3-6H,1,7-8H2,2H3. The average Bonchev–Trinajstić information content (AvgIpc) is 3.42. The third kappa shape index (κ3) is 3.94. The van der Waals surface area contributed by atoms with Crippen LogP contribution >= 0.6 is 0 Å². The average molecular weight is 406 g/mol. The van der Waals surface area contributed by atoms with Crippen LogP contribution in [0.15, 0.2) is 61.7 Å². The molecule has 0 saturated carbocycles. The highest BCUT2D eigenvalue weighted by Gasteiger charge is 2.26. The monoisotopic (exact) mass is 406 g/mol. The van der Waals surface area contributed by atoms with Crippen LogP contribution in [-0.4, -0.2) is 39.1 Å². The van der Waals surface area contributed by atoms with Crippen molar-refractivity contribution in [2.24, 2.45) is 0 Å². The minimum atomic E-state index is -0.0711. The second-order valence-corrected chi connectivity index (χ2v) is 6.81. The summed E-state index contributed by atoms with van der Waals surface area (Å²) in [5.74, 6) is 1.48. The largest absolute Gasteiger partial charge is 0.496 e. The number of nitrogens with zero attached hydrogens (tertiary/aromatic N) is 2. The first-order valence-electron chi connectivity index (χ1n) is 9.75. The van der Waals surface area contributed by atoms with E-state index in [1.165, 1.54) is 12.2 Å². The van der Waals surface area contributed by atoms with Gasteiger partial charge in [0.15, 0.2) is 0 Å². The Labute approximate surface area is 177 Å². The van der Waals surface area contributed by atoms with Crippen LogP contribution in [0.1, 0.15) is 11.1 Å². The van der Waals surface area contributed by atoms with E-state index in [9.17, 15) is 9.59 Å². The van der Waals surface area contributed by atoms with Gasteiger partial charge in [0.1, 0.15) is 11.5 Å². The molecule has 2 aromatic carbocycles. The minimum Gasteiger partial charge on any atom is -0.496 e. The van der Waals surface area contributed by atoms with Crippen LogP contribution < -0.4 is 19.3 Å². The lowest BCUT2D eigenvalue weighted by Crippen LogP contribution is -2.27. The summed E-state index contributed by atoms with van der Waals surface area (Å²) in [6.45, 7) is 8.42. The molecule has 2 amide bonds. The Kier molecular flexibility index (Phi) is 6.57. The summed E-state index contributed by atoms with van der Waals surface area (Å²) in [6, 6.07) is 11.6. The van der Waals surface area contributed by atoms with Crippen LogP contribution in [0, 0.1) is 0 Å². The van der Waals surface area contributed by atoms with Crippen molar-refractivity contribution in [2.45, 2.75) is 12.8 Å². The number of methoxy groups -OCH3 is 2. The fourth-order valence-electron chi connectivity index (χ4n) is 3.85. The maximum atomic E-state index is 11.6. The molecule has 4 rings (SSSR count). The van der Waals surface area contributed by atoms with Crippen molar-refractivity contribution >= 4 is 23.2 Å². The minimum absolute atomic E-state index is 0.0537. The van der Waals surface area contributed by atoms with Gasteiger partial charge < -0.3 is 19.3 Å². The van der Waals surface area contributed by atoms with E-state index in [1.807, 2.05) is 36.4 Å². The predicted molar refractivity (Wildman–Crippen MR) is 118 cm³/mol. The summed E-state index contributed by atoms with van der Waals surface area (Å²) in [5.41, 5.74) is 4.10. The highest BCUT2D eigenvalue weighted by atomic mass is 16.5. The Morgan fingerprint density at radius 3 is 2.13 bits per heavy atom. The highest BCUT2D eigenvalue weighted by Crippen LogP contribution is 2.37. The first-order valence-corrected chi connectivity index (χ1v) is 9.75. The van der Waals surface area contributed by atoms with E-state index >= 15 is 0 Å². The van der Waals surface area contributed by atoms with E-state index < -0.39 is 0 Å². The molecule has 2 aromatic rings. The van der Waals surface area contributed by atoms with Gasteiger partial charge in [-0.05, 0) is 48.8 Å². The van der Waals surface area contributed by atoms with Gasteiger partial charge in [-0.3, -0.25) is 9.59 Å². The number of anilines is 2. The second-order valence-electron chi connectivity index (χ2n) is 6.81. The normalized spacial score (nSPS) is 13.5. The van der Waals surface area contributed by atoms with E-state index in [-0.39, 0.29) is 11.8 Å². The number of carbonyl (C=O) groups is 2. The molecule has 2 aliphatic heterocycles. The molecule has 0 spiro atoms. The van der Waals surface area contributed by atoms with E-state index in [0.717, 1.165) is 46.8 Å². The number of para-hydroxylation sites is 1. The quantitative estimate of drug-likeness (QED) is 0.729. The molecule has 0 bridgehead atoms. The first-order chi connectivity index (χ1) is 14.5. The maximum Gasteiger partial charge on any atom is 0.250 e. The fraction of sp³-hybridized carbons (Fsp3) is 0.250. The Morgan fingerprint density at radius 1 is 0.867 bits per heavy atom. The third-order valence-electron chi connectivity index (χ3n) is 5.26. The van der Waals surface area contributed by atoms with Gasteiger partial charge in [-0.1, -0.05) is 31.4 Å². The van der Waals surface area contributed by atoms with Crippen LogP contribution in [0.4, 0.5) is 11.4 Å². The van der Waals surface area contributed by atoms with E-state index in [4.69, 9.17) is 9.47 Å². The predicted octanol–water partition coefficient (Wildman–Crippen LogP) is 3.54. The van der Waals surface area contributed by atoms with E-state index in [1.54, 1.807) is 24.0 Å². The van der Waals surface area contributed by atoms with Crippen LogP contribution in [-0.2, 0) is 22.4 Å². The Morgan fingerprint density at radius 2 is 1.47 bits per heavy atom. The van der Waals surface area contributed by atoms with Gasteiger partial charge >= 0.3 is 0 Å². The molecule has 0 atom stereocenters. The zero-order valence-electron chi connectivity index (χ0n) is 17.4.